The number of hydrogen-bond donors (Lipinski definition) is 1. The maximum Gasteiger partial charge on any atom is 0.307 e. The summed E-state index contributed by atoms with van der Waals surface area (Å²) < 4.78 is 4.77. The van der Waals surface area contributed by atoms with Crippen molar-refractivity contribution in [2.75, 3.05) is 6.61 Å². The number of carbonyl (C=O) groups excluding carboxylic acids is 1. The molecule has 1 aromatic carbocycles. The Morgan fingerprint density at radius 3 is 2.53 bits per heavy atom. The molecule has 0 fully saturated rings. The van der Waals surface area contributed by atoms with Crippen LogP contribution in [0.15, 0.2) is 24.3 Å². The van der Waals surface area contributed by atoms with Crippen LogP contribution in [0, 0.1) is 10.1 Å². The van der Waals surface area contributed by atoms with Gasteiger partial charge in [-0.25, -0.2) is 0 Å². The molecule has 1 rings (SSSR count). The molecule has 17 heavy (non-hydrogen) atoms. The van der Waals surface area contributed by atoms with Crippen LogP contribution in [0.5, 0.6) is 0 Å². The summed E-state index contributed by atoms with van der Waals surface area (Å²) in [6.45, 7) is 2.03. The van der Waals surface area contributed by atoms with Gasteiger partial charge in [0.25, 0.3) is 5.69 Å². The van der Waals surface area contributed by atoms with E-state index in [1.54, 1.807) is 19.1 Å². The fourth-order valence-corrected chi connectivity index (χ4v) is 1.36. The first-order valence-electron chi connectivity index (χ1n) is 5.20. The molecule has 0 aliphatic heterocycles. The number of benzene rings is 1. The Morgan fingerprint density at radius 2 is 2.06 bits per heavy atom. The van der Waals surface area contributed by atoms with E-state index in [4.69, 9.17) is 10.5 Å². The lowest BCUT2D eigenvalue weighted by molar-refractivity contribution is -0.384. The molecule has 0 saturated carbocycles. The predicted octanol–water partition coefficient (Wildman–Crippen LogP) is 1.55. The Hall–Kier alpha value is -1.95. The Balaban J connectivity index is 2.66. The van der Waals surface area contributed by atoms with Crippen molar-refractivity contribution in [1.29, 1.82) is 0 Å². The average Bonchev–Trinajstić information content (AvgIpc) is 2.29. The fourth-order valence-electron chi connectivity index (χ4n) is 1.36. The molecule has 1 aromatic rings. The highest BCUT2D eigenvalue weighted by atomic mass is 16.6. The van der Waals surface area contributed by atoms with Crippen LogP contribution in [0.3, 0.4) is 0 Å². The van der Waals surface area contributed by atoms with Crippen molar-refractivity contribution < 1.29 is 14.5 Å². The van der Waals surface area contributed by atoms with E-state index in [-0.39, 0.29) is 18.1 Å². The predicted molar refractivity (Wildman–Crippen MR) is 61.3 cm³/mol. The number of hydrogen-bond acceptors (Lipinski definition) is 5. The zero-order valence-corrected chi connectivity index (χ0v) is 9.46. The minimum atomic E-state index is -0.505. The van der Waals surface area contributed by atoms with Crippen LogP contribution in [0.2, 0.25) is 0 Å². The van der Waals surface area contributed by atoms with E-state index in [9.17, 15) is 14.9 Å². The van der Waals surface area contributed by atoms with Gasteiger partial charge in [0.1, 0.15) is 0 Å². The first-order valence-corrected chi connectivity index (χ1v) is 5.20. The molecule has 0 aliphatic carbocycles. The van der Waals surface area contributed by atoms with Gasteiger partial charge in [0.15, 0.2) is 0 Å². The first-order chi connectivity index (χ1) is 8.04. The van der Waals surface area contributed by atoms with Crippen molar-refractivity contribution in [2.45, 2.75) is 19.4 Å². The van der Waals surface area contributed by atoms with Crippen LogP contribution in [-0.4, -0.2) is 17.5 Å². The van der Waals surface area contributed by atoms with Crippen molar-refractivity contribution in [3.63, 3.8) is 0 Å². The number of nitrogens with zero attached hydrogens (tertiary/aromatic N) is 1. The third-order valence-electron chi connectivity index (χ3n) is 2.22. The maximum atomic E-state index is 11.2. The molecule has 0 amide bonds. The Bertz CT molecular complexity index is 402. The highest BCUT2D eigenvalue weighted by Gasteiger charge is 2.13. The van der Waals surface area contributed by atoms with E-state index in [1.807, 2.05) is 0 Å². The van der Waals surface area contributed by atoms with Crippen LogP contribution < -0.4 is 5.73 Å². The number of ether oxygens (including phenoxy) is 1. The van der Waals surface area contributed by atoms with Crippen LogP contribution in [0.4, 0.5) is 5.69 Å². The van der Waals surface area contributed by atoms with Crippen molar-refractivity contribution in [1.82, 2.24) is 0 Å². The average molecular weight is 238 g/mol. The Labute approximate surface area is 98.5 Å². The van der Waals surface area contributed by atoms with E-state index in [1.165, 1.54) is 12.1 Å². The van der Waals surface area contributed by atoms with E-state index in [0.29, 0.717) is 12.2 Å². The molecule has 1 atom stereocenters. The van der Waals surface area contributed by atoms with E-state index < -0.39 is 11.0 Å². The molecule has 0 aromatic heterocycles. The number of rotatable bonds is 5. The van der Waals surface area contributed by atoms with Crippen molar-refractivity contribution in [2.24, 2.45) is 5.73 Å². The van der Waals surface area contributed by atoms with E-state index in [0.717, 1.165) is 0 Å². The lowest BCUT2D eigenvalue weighted by Gasteiger charge is -2.10. The highest BCUT2D eigenvalue weighted by Crippen LogP contribution is 2.18. The van der Waals surface area contributed by atoms with Gasteiger partial charge in [-0.15, -0.1) is 0 Å². The second-order valence-corrected chi connectivity index (χ2v) is 3.46. The zero-order chi connectivity index (χ0) is 12.8. The van der Waals surface area contributed by atoms with Gasteiger partial charge in [-0.3, -0.25) is 14.9 Å². The largest absolute Gasteiger partial charge is 0.466 e. The standard InChI is InChI=1S/C11H14N2O4/c1-2-17-11(14)7-10(12)8-3-5-9(6-4-8)13(15)16/h3-6,10H,2,7,12H2,1H3/t10-/m0/s1. The Kier molecular flexibility index (Phi) is 4.59. The van der Waals surface area contributed by atoms with Gasteiger partial charge >= 0.3 is 5.97 Å². The van der Waals surface area contributed by atoms with Gasteiger partial charge in [0.05, 0.1) is 18.0 Å². The molecule has 0 spiro atoms. The second-order valence-electron chi connectivity index (χ2n) is 3.46. The number of nitro benzene ring substituents is 1. The topological polar surface area (TPSA) is 95.5 Å². The molecule has 0 bridgehead atoms. The van der Waals surface area contributed by atoms with Crippen molar-refractivity contribution >= 4 is 11.7 Å². The molecule has 0 heterocycles. The lowest BCUT2D eigenvalue weighted by atomic mass is 10.0. The number of non-ortho nitro benzene ring substituents is 1. The summed E-state index contributed by atoms with van der Waals surface area (Å²) in [6.07, 6.45) is 0.0612. The summed E-state index contributed by atoms with van der Waals surface area (Å²) in [6, 6.07) is 5.31. The molecule has 92 valence electrons. The number of nitro groups is 1. The fraction of sp³-hybridized carbons (Fsp3) is 0.364. The van der Waals surface area contributed by atoms with Crippen molar-refractivity contribution in [3.8, 4) is 0 Å². The molecular weight excluding hydrogens is 224 g/mol. The highest BCUT2D eigenvalue weighted by molar-refractivity contribution is 5.70. The zero-order valence-electron chi connectivity index (χ0n) is 9.46. The van der Waals surface area contributed by atoms with Gasteiger partial charge in [-0.2, -0.15) is 0 Å². The summed E-state index contributed by atoms with van der Waals surface area (Å²) in [4.78, 5) is 21.2. The number of nitrogens with two attached hydrogens (primary N) is 1. The molecular formula is C11H14N2O4. The molecule has 0 aliphatic rings. The second kappa shape index (κ2) is 5.95. The van der Waals surface area contributed by atoms with Gasteiger partial charge in [0.2, 0.25) is 0 Å². The summed E-state index contributed by atoms with van der Waals surface area (Å²) in [5, 5.41) is 10.4. The summed E-state index contributed by atoms with van der Waals surface area (Å²) in [5.41, 5.74) is 6.45. The molecule has 0 saturated heterocycles. The third kappa shape index (κ3) is 3.84. The van der Waals surface area contributed by atoms with Crippen LogP contribution in [0.1, 0.15) is 24.9 Å². The minimum Gasteiger partial charge on any atom is -0.466 e. The SMILES string of the molecule is CCOC(=O)C[C@H](N)c1ccc([N+](=O)[O-])cc1. The molecule has 2 N–H and O–H groups in total. The minimum absolute atomic E-state index is 0.00270. The molecule has 6 heteroatoms. The van der Waals surface area contributed by atoms with Crippen LogP contribution >= 0.6 is 0 Å². The van der Waals surface area contributed by atoms with E-state index in [2.05, 4.69) is 0 Å². The first kappa shape index (κ1) is 13.1. The van der Waals surface area contributed by atoms with Crippen LogP contribution in [0.25, 0.3) is 0 Å². The lowest BCUT2D eigenvalue weighted by Crippen LogP contribution is -2.17. The quantitative estimate of drug-likeness (QED) is 0.477. The monoisotopic (exact) mass is 238 g/mol. The number of esters is 1. The van der Waals surface area contributed by atoms with Gasteiger partial charge in [-0.05, 0) is 12.5 Å². The summed E-state index contributed by atoms with van der Waals surface area (Å²) >= 11 is 0. The van der Waals surface area contributed by atoms with E-state index >= 15 is 0 Å². The van der Waals surface area contributed by atoms with Gasteiger partial charge in [0, 0.05) is 18.2 Å². The van der Waals surface area contributed by atoms with Gasteiger partial charge < -0.3 is 10.5 Å². The smallest absolute Gasteiger partial charge is 0.307 e. The third-order valence-corrected chi connectivity index (χ3v) is 2.22. The Morgan fingerprint density at radius 1 is 1.47 bits per heavy atom. The number of carbonyl (C=O) groups is 1. The van der Waals surface area contributed by atoms with Crippen molar-refractivity contribution in [3.05, 3.63) is 39.9 Å². The maximum absolute atomic E-state index is 11.2. The van der Waals surface area contributed by atoms with Gasteiger partial charge in [-0.1, -0.05) is 12.1 Å². The molecule has 6 nitrogen and oxygen atoms in total. The normalized spacial score (nSPS) is 11.9. The summed E-state index contributed by atoms with van der Waals surface area (Å²) in [5.74, 6) is -0.377. The molecule has 0 radical (unpaired) electrons. The summed E-state index contributed by atoms with van der Waals surface area (Å²) in [7, 11) is 0. The van der Waals surface area contributed by atoms with Crippen LogP contribution in [-0.2, 0) is 9.53 Å². The molecule has 0 unspecified atom stereocenters.